The van der Waals surface area contributed by atoms with Gasteiger partial charge in [0.15, 0.2) is 22.5 Å². The SMILES string of the molecule is Cc1occc1-c1nnc(SCC(=O)NCC2COc3ccccc3O2)n1C. The Bertz CT molecular complexity index is 984. The van der Waals surface area contributed by atoms with Crippen LogP contribution in [0.1, 0.15) is 5.76 Å². The van der Waals surface area contributed by atoms with Crippen molar-refractivity contribution in [3.05, 3.63) is 42.4 Å². The molecule has 1 atom stereocenters. The van der Waals surface area contributed by atoms with Crippen LogP contribution in [0.3, 0.4) is 0 Å². The molecule has 0 aliphatic carbocycles. The van der Waals surface area contributed by atoms with E-state index < -0.39 is 0 Å². The number of aromatic nitrogens is 3. The van der Waals surface area contributed by atoms with E-state index in [0.29, 0.717) is 29.9 Å². The van der Waals surface area contributed by atoms with Crippen molar-refractivity contribution in [2.75, 3.05) is 18.9 Å². The van der Waals surface area contributed by atoms with Crippen LogP contribution in [0.15, 0.2) is 46.2 Å². The summed E-state index contributed by atoms with van der Waals surface area (Å²) in [6, 6.07) is 9.35. The van der Waals surface area contributed by atoms with Crippen LogP contribution < -0.4 is 14.8 Å². The first-order chi connectivity index (χ1) is 13.6. The lowest BCUT2D eigenvalue weighted by Crippen LogP contribution is -2.41. The molecule has 1 aromatic carbocycles. The van der Waals surface area contributed by atoms with E-state index in [-0.39, 0.29) is 17.8 Å². The van der Waals surface area contributed by atoms with Crippen LogP contribution in [0.5, 0.6) is 11.5 Å². The number of amides is 1. The standard InChI is InChI=1S/C19H20N4O4S/c1-12-14(7-8-25-12)18-21-22-19(23(18)2)28-11-17(24)20-9-13-10-26-15-5-3-4-6-16(15)27-13/h3-8,13H,9-11H2,1-2H3,(H,20,24). The Morgan fingerprint density at radius 1 is 1.29 bits per heavy atom. The largest absolute Gasteiger partial charge is 0.486 e. The van der Waals surface area contributed by atoms with Crippen LogP contribution in [-0.4, -0.2) is 45.7 Å². The summed E-state index contributed by atoms with van der Waals surface area (Å²) in [5, 5.41) is 11.9. The molecule has 3 heterocycles. The van der Waals surface area contributed by atoms with Crippen LogP contribution in [0.25, 0.3) is 11.4 Å². The van der Waals surface area contributed by atoms with E-state index in [0.717, 1.165) is 17.1 Å². The summed E-state index contributed by atoms with van der Waals surface area (Å²) in [5.41, 5.74) is 0.890. The highest BCUT2D eigenvalue weighted by Crippen LogP contribution is 2.30. The molecule has 0 spiro atoms. The molecule has 1 aliphatic heterocycles. The molecule has 0 fully saturated rings. The van der Waals surface area contributed by atoms with Crippen LogP contribution >= 0.6 is 11.8 Å². The van der Waals surface area contributed by atoms with Gasteiger partial charge in [0.1, 0.15) is 18.5 Å². The number of benzene rings is 1. The molecule has 28 heavy (non-hydrogen) atoms. The fraction of sp³-hybridized carbons (Fsp3) is 0.316. The molecule has 0 saturated heterocycles. The molecule has 146 valence electrons. The molecule has 9 heteroatoms. The lowest BCUT2D eigenvalue weighted by Gasteiger charge is -2.26. The minimum Gasteiger partial charge on any atom is -0.486 e. The van der Waals surface area contributed by atoms with Crippen molar-refractivity contribution in [2.45, 2.75) is 18.2 Å². The molecule has 8 nitrogen and oxygen atoms in total. The lowest BCUT2D eigenvalue weighted by molar-refractivity contribution is -0.119. The second-order valence-corrected chi connectivity index (χ2v) is 7.29. The third-order valence-electron chi connectivity index (χ3n) is 4.36. The van der Waals surface area contributed by atoms with E-state index in [1.54, 1.807) is 6.26 Å². The molecule has 0 radical (unpaired) electrons. The van der Waals surface area contributed by atoms with Crippen molar-refractivity contribution in [1.82, 2.24) is 20.1 Å². The van der Waals surface area contributed by atoms with Crippen molar-refractivity contribution < 1.29 is 18.7 Å². The van der Waals surface area contributed by atoms with E-state index >= 15 is 0 Å². The maximum Gasteiger partial charge on any atom is 0.230 e. The molecule has 3 aromatic rings. The number of fused-ring (bicyclic) bond motifs is 1. The Kier molecular flexibility index (Phi) is 5.25. The van der Waals surface area contributed by atoms with Gasteiger partial charge in [-0.1, -0.05) is 23.9 Å². The lowest BCUT2D eigenvalue weighted by atomic mass is 10.2. The Hall–Kier alpha value is -2.94. The van der Waals surface area contributed by atoms with Gasteiger partial charge in [-0.05, 0) is 25.1 Å². The number of para-hydroxylation sites is 2. The average molecular weight is 400 g/mol. The summed E-state index contributed by atoms with van der Waals surface area (Å²) in [5.74, 6) is 3.05. The first kappa shape index (κ1) is 18.4. The number of nitrogens with zero attached hydrogens (tertiary/aromatic N) is 3. The summed E-state index contributed by atoms with van der Waals surface area (Å²) in [6.07, 6.45) is 1.41. The van der Waals surface area contributed by atoms with Crippen molar-refractivity contribution in [3.8, 4) is 22.9 Å². The molecule has 2 aromatic heterocycles. The first-order valence-corrected chi connectivity index (χ1v) is 9.82. The quantitative estimate of drug-likeness (QED) is 0.636. The number of aryl methyl sites for hydroxylation is 1. The summed E-state index contributed by atoms with van der Waals surface area (Å²) in [4.78, 5) is 12.2. The monoisotopic (exact) mass is 400 g/mol. The van der Waals surface area contributed by atoms with Gasteiger partial charge < -0.3 is 23.8 Å². The normalized spacial score (nSPS) is 15.4. The van der Waals surface area contributed by atoms with Crippen LogP contribution in [-0.2, 0) is 11.8 Å². The maximum absolute atomic E-state index is 12.2. The van der Waals surface area contributed by atoms with Gasteiger partial charge in [-0.15, -0.1) is 10.2 Å². The molecule has 1 amide bonds. The number of nitrogens with one attached hydrogen (secondary N) is 1. The zero-order valence-electron chi connectivity index (χ0n) is 15.5. The Labute approximate surface area is 166 Å². The van der Waals surface area contributed by atoms with E-state index in [9.17, 15) is 4.79 Å². The maximum atomic E-state index is 12.2. The van der Waals surface area contributed by atoms with Crippen LogP contribution in [0, 0.1) is 6.92 Å². The Morgan fingerprint density at radius 3 is 2.89 bits per heavy atom. The topological polar surface area (TPSA) is 91.4 Å². The van der Waals surface area contributed by atoms with Crippen molar-refractivity contribution in [2.24, 2.45) is 7.05 Å². The first-order valence-electron chi connectivity index (χ1n) is 8.83. The molecule has 4 rings (SSSR count). The number of carbonyl (C=O) groups is 1. The van der Waals surface area contributed by atoms with Gasteiger partial charge in [0.25, 0.3) is 0 Å². The van der Waals surface area contributed by atoms with Crippen LogP contribution in [0.2, 0.25) is 0 Å². The van der Waals surface area contributed by atoms with Crippen molar-refractivity contribution in [1.29, 1.82) is 0 Å². The number of carbonyl (C=O) groups excluding carboxylic acids is 1. The second-order valence-electron chi connectivity index (χ2n) is 6.35. The molecular formula is C19H20N4O4S. The van der Waals surface area contributed by atoms with Crippen molar-refractivity contribution in [3.63, 3.8) is 0 Å². The molecule has 1 unspecified atom stereocenters. The van der Waals surface area contributed by atoms with Gasteiger partial charge in [0.05, 0.1) is 24.1 Å². The van der Waals surface area contributed by atoms with Gasteiger partial charge in [-0.2, -0.15) is 0 Å². The molecule has 0 bridgehead atoms. The minimum atomic E-state index is -0.214. The molecular weight excluding hydrogens is 380 g/mol. The minimum absolute atomic E-state index is 0.100. The Balaban J connectivity index is 1.28. The summed E-state index contributed by atoms with van der Waals surface area (Å²) in [6.45, 7) is 2.66. The van der Waals surface area contributed by atoms with Gasteiger partial charge in [0, 0.05) is 7.05 Å². The predicted octanol–water partition coefficient (Wildman–Crippen LogP) is 2.43. The highest BCUT2D eigenvalue weighted by atomic mass is 32.2. The summed E-state index contributed by atoms with van der Waals surface area (Å²) >= 11 is 1.33. The summed E-state index contributed by atoms with van der Waals surface area (Å²) in [7, 11) is 1.87. The zero-order valence-corrected chi connectivity index (χ0v) is 16.4. The molecule has 1 aliphatic rings. The highest BCUT2D eigenvalue weighted by molar-refractivity contribution is 7.99. The zero-order chi connectivity index (χ0) is 19.5. The number of hydrogen-bond donors (Lipinski definition) is 1. The number of ether oxygens (including phenoxy) is 2. The van der Waals surface area contributed by atoms with Gasteiger partial charge >= 0.3 is 0 Å². The van der Waals surface area contributed by atoms with E-state index in [1.165, 1.54) is 11.8 Å². The third kappa shape index (κ3) is 3.84. The van der Waals surface area contributed by atoms with Crippen LogP contribution in [0.4, 0.5) is 0 Å². The molecule has 1 N–H and O–H groups in total. The number of thioether (sulfide) groups is 1. The highest BCUT2D eigenvalue weighted by Gasteiger charge is 2.21. The van der Waals surface area contributed by atoms with E-state index in [1.807, 2.05) is 48.9 Å². The third-order valence-corrected chi connectivity index (χ3v) is 5.38. The fourth-order valence-corrected chi connectivity index (χ4v) is 3.61. The number of rotatable bonds is 6. The number of hydrogen-bond acceptors (Lipinski definition) is 7. The second kappa shape index (κ2) is 7.97. The van der Waals surface area contributed by atoms with Gasteiger partial charge in [-0.3, -0.25) is 4.79 Å². The van der Waals surface area contributed by atoms with Gasteiger partial charge in [-0.25, -0.2) is 0 Å². The number of furan rings is 1. The van der Waals surface area contributed by atoms with E-state index in [2.05, 4.69) is 15.5 Å². The smallest absolute Gasteiger partial charge is 0.230 e. The summed E-state index contributed by atoms with van der Waals surface area (Å²) < 4.78 is 18.7. The predicted molar refractivity (Wildman–Crippen MR) is 104 cm³/mol. The van der Waals surface area contributed by atoms with Crippen molar-refractivity contribution >= 4 is 17.7 Å². The fourth-order valence-electron chi connectivity index (χ4n) is 2.86. The van der Waals surface area contributed by atoms with Gasteiger partial charge in [0.2, 0.25) is 5.91 Å². The molecule has 0 saturated carbocycles. The average Bonchev–Trinajstić information content (AvgIpc) is 3.29. The Morgan fingerprint density at radius 2 is 2.11 bits per heavy atom. The van der Waals surface area contributed by atoms with E-state index in [4.69, 9.17) is 13.9 Å².